The van der Waals surface area contributed by atoms with E-state index < -0.39 is 77.6 Å². The van der Waals surface area contributed by atoms with E-state index in [9.17, 15) is 52.7 Å². The Hall–Kier alpha value is -5.51. The number of rotatable bonds is 1. The molecule has 0 aliphatic carbocycles. The van der Waals surface area contributed by atoms with Crippen LogP contribution in [0, 0.1) is 5.82 Å². The monoisotopic (exact) mass is 826 g/mol. The van der Waals surface area contributed by atoms with Crippen LogP contribution in [0.4, 0.5) is 91.2 Å². The molecule has 4 aliphatic rings. The maximum atomic E-state index is 18.1. The molecule has 0 aromatic heterocycles. The number of nitrogens with zero attached hydrogens (tertiary/aromatic N) is 2. The van der Waals surface area contributed by atoms with Gasteiger partial charge in [-0.1, -0.05) is 65.8 Å². The lowest BCUT2D eigenvalue weighted by Gasteiger charge is -2.50. The molecule has 0 saturated carbocycles. The molecular weight excluding hydrogens is 809 g/mol. The van der Waals surface area contributed by atoms with Crippen molar-refractivity contribution < 1.29 is 57.1 Å². The summed E-state index contributed by atoms with van der Waals surface area (Å²) in [5.74, 6) is -1.16. The fraction of sp³-hybridized carbons (Fsp3) is 0.100. The third kappa shape index (κ3) is 5.11. The second kappa shape index (κ2) is 11.8. The Morgan fingerprint density at radius 2 is 0.879 bits per heavy atom. The number of alkyl halides is 12. The number of halogens is 13. The van der Waals surface area contributed by atoms with Crippen LogP contribution in [0.5, 0.6) is 0 Å². The SMILES string of the molecule is Fc1c2c3c4c5c1N(c1ccccc1C(F)(F)F)c1ccc(C(F)(F)F)cc1B5c1cc(C(F)(F)F)ccc1N4c1ccc(C(F)(F)F)cc1B3c1ccccc1S2. The van der Waals surface area contributed by atoms with Crippen LogP contribution in [-0.2, 0) is 24.7 Å². The molecule has 2 nitrogen and oxygen atoms in total. The van der Waals surface area contributed by atoms with Crippen molar-refractivity contribution in [2.24, 2.45) is 0 Å². The largest absolute Gasteiger partial charge is 0.418 e. The molecule has 58 heavy (non-hydrogen) atoms. The summed E-state index contributed by atoms with van der Waals surface area (Å²) in [6, 6.07) is 17.8. The molecule has 6 aromatic carbocycles. The highest BCUT2D eigenvalue weighted by Crippen LogP contribution is 2.52. The molecule has 0 fully saturated rings. The van der Waals surface area contributed by atoms with Crippen LogP contribution >= 0.6 is 11.8 Å². The van der Waals surface area contributed by atoms with Crippen LogP contribution in [0.2, 0.25) is 0 Å². The van der Waals surface area contributed by atoms with Crippen LogP contribution in [0.3, 0.4) is 0 Å². The van der Waals surface area contributed by atoms with E-state index in [1.54, 1.807) is 24.3 Å². The molecule has 0 N–H and O–H groups in total. The molecule has 0 unspecified atom stereocenters. The van der Waals surface area contributed by atoms with Gasteiger partial charge >= 0.3 is 24.7 Å². The van der Waals surface area contributed by atoms with Gasteiger partial charge in [0.25, 0.3) is 6.71 Å². The molecule has 0 saturated heterocycles. The van der Waals surface area contributed by atoms with Crippen molar-refractivity contribution in [2.75, 3.05) is 9.80 Å². The van der Waals surface area contributed by atoms with Gasteiger partial charge in [0.2, 0.25) is 6.71 Å². The molecule has 4 aliphatic heterocycles. The highest BCUT2D eigenvalue weighted by Gasteiger charge is 2.54. The molecule has 0 bridgehead atoms. The minimum Gasteiger partial charge on any atom is -0.312 e. The van der Waals surface area contributed by atoms with Crippen molar-refractivity contribution in [3.63, 3.8) is 0 Å². The lowest BCUT2D eigenvalue weighted by Crippen LogP contribution is -2.68. The number of hydrogen-bond acceptors (Lipinski definition) is 3. The second-order valence-corrected chi connectivity index (χ2v) is 15.2. The smallest absolute Gasteiger partial charge is 0.312 e. The van der Waals surface area contributed by atoms with Crippen LogP contribution < -0.4 is 42.6 Å². The number of fused-ring (bicyclic) bond motifs is 10. The highest BCUT2D eigenvalue weighted by molar-refractivity contribution is 8.00. The van der Waals surface area contributed by atoms with E-state index in [2.05, 4.69) is 0 Å². The third-order valence-corrected chi connectivity index (χ3v) is 12.2. The molecule has 0 atom stereocenters. The Morgan fingerprint density at radius 1 is 0.431 bits per heavy atom. The summed E-state index contributed by atoms with van der Waals surface area (Å²) in [6.07, 6.45) is -20.0. The molecule has 0 spiro atoms. The molecular formula is C40H17B2F13N2S. The Balaban J connectivity index is 1.41. The quantitative estimate of drug-likeness (QED) is 0.121. The maximum Gasteiger partial charge on any atom is 0.418 e. The topological polar surface area (TPSA) is 6.48 Å². The van der Waals surface area contributed by atoms with Gasteiger partial charge in [-0.3, -0.25) is 0 Å². The summed E-state index contributed by atoms with van der Waals surface area (Å²) in [5, 5.41) is 0. The summed E-state index contributed by atoms with van der Waals surface area (Å²) in [6.45, 7) is -2.78. The van der Waals surface area contributed by atoms with Crippen LogP contribution in [-0.4, -0.2) is 13.4 Å². The maximum absolute atomic E-state index is 18.1. The van der Waals surface area contributed by atoms with Gasteiger partial charge in [0.15, 0.2) is 5.82 Å². The third-order valence-electron chi connectivity index (χ3n) is 11.1. The van der Waals surface area contributed by atoms with E-state index in [0.29, 0.717) is 34.6 Å². The molecule has 290 valence electrons. The number of hydrogen-bond donors (Lipinski definition) is 0. The lowest BCUT2D eigenvalue weighted by atomic mass is 9.29. The van der Waals surface area contributed by atoms with Crippen LogP contribution in [0.1, 0.15) is 22.3 Å². The zero-order valence-corrected chi connectivity index (χ0v) is 29.5. The Kier molecular flexibility index (Phi) is 7.49. The van der Waals surface area contributed by atoms with Gasteiger partial charge in [-0.2, -0.15) is 52.7 Å². The Labute approximate surface area is 324 Å². The van der Waals surface area contributed by atoms with E-state index in [-0.39, 0.29) is 55.0 Å². The molecule has 4 heterocycles. The van der Waals surface area contributed by atoms with Gasteiger partial charge in [-0.05, 0) is 81.9 Å². The normalized spacial score (nSPS) is 15.1. The molecule has 0 amide bonds. The summed E-state index contributed by atoms with van der Waals surface area (Å²) >= 11 is 0.872. The minimum absolute atomic E-state index is 0.00909. The van der Waals surface area contributed by atoms with Crippen molar-refractivity contribution >= 4 is 92.1 Å². The fourth-order valence-electron chi connectivity index (χ4n) is 8.84. The summed E-state index contributed by atoms with van der Waals surface area (Å²) in [7, 11) is 0. The Bertz CT molecular complexity index is 2780. The number of benzene rings is 6. The van der Waals surface area contributed by atoms with Gasteiger partial charge in [0.1, 0.15) is 0 Å². The van der Waals surface area contributed by atoms with Crippen molar-refractivity contribution in [2.45, 2.75) is 34.5 Å². The molecule has 6 aromatic rings. The van der Waals surface area contributed by atoms with E-state index in [1.165, 1.54) is 11.0 Å². The zero-order chi connectivity index (χ0) is 41.0. The van der Waals surface area contributed by atoms with Crippen molar-refractivity contribution in [3.8, 4) is 0 Å². The summed E-state index contributed by atoms with van der Waals surface area (Å²) in [4.78, 5) is 2.45. The van der Waals surface area contributed by atoms with Gasteiger partial charge in [-0.25, -0.2) is 4.39 Å². The first-order valence-corrected chi connectivity index (χ1v) is 18.1. The van der Waals surface area contributed by atoms with E-state index in [1.807, 2.05) is 0 Å². The first kappa shape index (κ1) is 36.8. The van der Waals surface area contributed by atoms with Gasteiger partial charge < -0.3 is 9.80 Å². The van der Waals surface area contributed by atoms with Crippen molar-refractivity contribution in [3.05, 3.63) is 131 Å². The predicted octanol–water partition coefficient (Wildman–Crippen LogP) is 9.28. The number of para-hydroxylation sites is 1. The van der Waals surface area contributed by atoms with Gasteiger partial charge in [0.05, 0.1) is 33.6 Å². The lowest BCUT2D eigenvalue weighted by molar-refractivity contribution is -0.138. The molecule has 0 radical (unpaired) electrons. The Morgan fingerprint density at radius 3 is 1.38 bits per heavy atom. The minimum atomic E-state index is -5.08. The fourth-order valence-corrected chi connectivity index (χ4v) is 10.0. The van der Waals surface area contributed by atoms with Gasteiger partial charge in [0, 0.05) is 32.5 Å². The molecule has 10 rings (SSSR count). The summed E-state index contributed by atoms with van der Waals surface area (Å²) < 4.78 is 193. The van der Waals surface area contributed by atoms with E-state index >= 15 is 4.39 Å². The van der Waals surface area contributed by atoms with E-state index in [4.69, 9.17) is 0 Å². The average molecular weight is 826 g/mol. The number of anilines is 6. The second-order valence-electron chi connectivity index (χ2n) is 14.2. The van der Waals surface area contributed by atoms with Crippen LogP contribution in [0.25, 0.3) is 0 Å². The van der Waals surface area contributed by atoms with Crippen molar-refractivity contribution in [1.29, 1.82) is 0 Å². The first-order chi connectivity index (χ1) is 27.2. The molecule has 18 heteroatoms. The highest BCUT2D eigenvalue weighted by atomic mass is 32.2. The standard InChI is InChI=1S/C40H17B2F13N2S/c43-33-35-31-34-32-36(33)58-30-8-4-2-6-22(30)41(32)23-15-18(37(44,45)46)10-13-28(23)57(34)29-14-11-20(39(50,51)52)17-25(29)42(31)24-16-19(38(47,48)49)9-12-27(24)56(35)26-7-3-1-5-21(26)40(53,54)55/h1-17H. The van der Waals surface area contributed by atoms with Crippen molar-refractivity contribution in [1.82, 2.24) is 0 Å². The van der Waals surface area contributed by atoms with Gasteiger partial charge in [-0.15, -0.1) is 0 Å². The first-order valence-electron chi connectivity index (χ1n) is 17.3. The van der Waals surface area contributed by atoms with Crippen LogP contribution in [0.15, 0.2) is 113 Å². The van der Waals surface area contributed by atoms with E-state index in [0.717, 1.165) is 65.2 Å². The zero-order valence-electron chi connectivity index (χ0n) is 28.7. The summed E-state index contributed by atoms with van der Waals surface area (Å²) in [5.41, 5.74) is -6.82. The average Bonchev–Trinajstić information content (AvgIpc) is 3.16. The predicted molar refractivity (Wildman–Crippen MR) is 196 cm³/mol.